The average Bonchev–Trinajstić information content (AvgIpc) is 3.78. The van der Waals surface area contributed by atoms with E-state index in [4.69, 9.17) is 4.42 Å². The minimum Gasteiger partial charge on any atom is -0.456 e. The molecule has 2 heterocycles. The van der Waals surface area contributed by atoms with E-state index in [1.54, 1.807) is 0 Å². The highest BCUT2D eigenvalue weighted by atomic mass is 32.1. The van der Waals surface area contributed by atoms with Crippen LogP contribution in [0, 0.1) is 0 Å². The minimum atomic E-state index is 0.919. The zero-order valence-corrected chi connectivity index (χ0v) is 29.5. The topological polar surface area (TPSA) is 16.4 Å². The minimum absolute atomic E-state index is 0.919. The molecule has 0 aliphatic heterocycles. The van der Waals surface area contributed by atoms with Crippen LogP contribution >= 0.6 is 11.3 Å². The molecule has 2 nitrogen and oxygen atoms in total. The van der Waals surface area contributed by atoms with E-state index in [0.717, 1.165) is 39.0 Å². The van der Waals surface area contributed by atoms with Gasteiger partial charge in [-0.3, -0.25) is 0 Å². The van der Waals surface area contributed by atoms with Gasteiger partial charge in [0.2, 0.25) is 0 Å². The lowest BCUT2D eigenvalue weighted by atomic mass is 9.96. The van der Waals surface area contributed by atoms with Crippen molar-refractivity contribution in [3.05, 3.63) is 188 Å². The Bertz CT molecular complexity index is 3160. The molecule has 0 atom stereocenters. The van der Waals surface area contributed by atoms with Crippen LogP contribution in [0.4, 0.5) is 17.1 Å². The lowest BCUT2D eigenvalue weighted by Crippen LogP contribution is -2.09. The second kappa shape index (κ2) is 11.9. The molecule has 0 spiro atoms. The number of anilines is 3. The van der Waals surface area contributed by atoms with Crippen LogP contribution in [-0.2, 0) is 0 Å². The van der Waals surface area contributed by atoms with E-state index in [1.807, 2.05) is 23.5 Å². The first-order valence-corrected chi connectivity index (χ1v) is 18.8. The molecule has 0 bridgehead atoms. The summed E-state index contributed by atoms with van der Waals surface area (Å²) in [6.45, 7) is 0. The van der Waals surface area contributed by atoms with Crippen molar-refractivity contribution < 1.29 is 4.42 Å². The lowest BCUT2D eigenvalue weighted by Gasteiger charge is -2.26. The Morgan fingerprint density at radius 2 is 0.925 bits per heavy atom. The van der Waals surface area contributed by atoms with Crippen LogP contribution in [0.25, 0.3) is 85.9 Å². The zero-order chi connectivity index (χ0) is 34.9. The third-order valence-corrected chi connectivity index (χ3v) is 11.8. The first-order chi connectivity index (χ1) is 26.2. The SMILES string of the molecule is c1ccc2c(-c3ccc(N(c4ccc(-c5cccc6cc7oc8ccccc8c7cc56)cc4)c4ccc5c(c4)sc4ccccc45)cc3)cccc2c1. The van der Waals surface area contributed by atoms with Crippen molar-refractivity contribution in [3.63, 3.8) is 0 Å². The molecule has 0 amide bonds. The fourth-order valence-corrected chi connectivity index (χ4v) is 9.24. The van der Waals surface area contributed by atoms with Crippen molar-refractivity contribution in [3.8, 4) is 22.3 Å². The quantitative estimate of drug-likeness (QED) is 0.178. The first-order valence-electron chi connectivity index (χ1n) is 18.0. The highest BCUT2D eigenvalue weighted by Gasteiger charge is 2.17. The summed E-state index contributed by atoms with van der Waals surface area (Å²) in [6, 6.07) is 68.1. The van der Waals surface area contributed by atoms with Crippen molar-refractivity contribution >= 4 is 92.1 Å². The maximum atomic E-state index is 6.22. The predicted molar refractivity (Wildman–Crippen MR) is 227 cm³/mol. The van der Waals surface area contributed by atoms with Crippen LogP contribution < -0.4 is 4.90 Å². The molecule has 0 N–H and O–H groups in total. The van der Waals surface area contributed by atoms with Gasteiger partial charge in [-0.25, -0.2) is 0 Å². The van der Waals surface area contributed by atoms with Crippen LogP contribution in [-0.4, -0.2) is 0 Å². The van der Waals surface area contributed by atoms with Gasteiger partial charge in [0.25, 0.3) is 0 Å². The molecule has 2 aromatic heterocycles. The summed E-state index contributed by atoms with van der Waals surface area (Å²) in [7, 11) is 0. The molecule has 0 saturated heterocycles. The monoisotopic (exact) mass is 693 g/mol. The standard InChI is InChI=1S/C50H31NOS/c1-2-12-39-32(9-1)10-7-15-40(39)33-19-23-36(24-20-33)51(38-27-28-44-43-14-4-6-18-49(43)53-50(44)30-38)37-25-21-34(22-26-37)41-16-8-11-35-29-48-46(31-45(35)41)42-13-3-5-17-47(42)52-48/h1-31H. The average molecular weight is 694 g/mol. The molecule has 0 aliphatic carbocycles. The fourth-order valence-electron chi connectivity index (χ4n) is 8.11. The normalized spacial score (nSPS) is 11.8. The highest BCUT2D eigenvalue weighted by Crippen LogP contribution is 2.43. The molecule has 0 aliphatic rings. The summed E-state index contributed by atoms with van der Waals surface area (Å²) < 4.78 is 8.82. The van der Waals surface area contributed by atoms with Crippen LogP contribution in [0.5, 0.6) is 0 Å². The molecule has 3 heteroatoms. The molecule has 9 aromatic carbocycles. The molecule has 0 fully saturated rings. The Hall–Kier alpha value is -6.68. The Balaban J connectivity index is 1.03. The van der Waals surface area contributed by atoms with Gasteiger partial charge in [0.15, 0.2) is 0 Å². The number of benzene rings is 9. The van der Waals surface area contributed by atoms with E-state index in [9.17, 15) is 0 Å². The van der Waals surface area contributed by atoms with E-state index >= 15 is 0 Å². The Labute approximate surface area is 310 Å². The van der Waals surface area contributed by atoms with Gasteiger partial charge in [0, 0.05) is 48.0 Å². The summed E-state index contributed by atoms with van der Waals surface area (Å²) in [5, 5.41) is 9.80. The number of thiophene rings is 1. The van der Waals surface area contributed by atoms with E-state index in [0.29, 0.717) is 0 Å². The first kappa shape index (κ1) is 30.0. The van der Waals surface area contributed by atoms with Gasteiger partial charge < -0.3 is 9.32 Å². The third-order valence-electron chi connectivity index (χ3n) is 10.7. The Morgan fingerprint density at radius 3 is 1.70 bits per heavy atom. The van der Waals surface area contributed by atoms with Crippen LogP contribution in [0.15, 0.2) is 192 Å². The number of hydrogen-bond acceptors (Lipinski definition) is 3. The molecule has 11 aromatic rings. The third kappa shape index (κ3) is 4.93. The van der Waals surface area contributed by atoms with Gasteiger partial charge in [0.1, 0.15) is 11.2 Å². The molecule has 53 heavy (non-hydrogen) atoms. The summed E-state index contributed by atoms with van der Waals surface area (Å²) >= 11 is 1.85. The smallest absolute Gasteiger partial charge is 0.136 e. The molecule has 0 radical (unpaired) electrons. The number of nitrogens with zero attached hydrogens (tertiary/aromatic N) is 1. The summed E-state index contributed by atoms with van der Waals surface area (Å²) in [4.78, 5) is 2.38. The van der Waals surface area contributed by atoms with Gasteiger partial charge in [-0.15, -0.1) is 11.3 Å². The second-order valence-electron chi connectivity index (χ2n) is 13.7. The summed E-state index contributed by atoms with van der Waals surface area (Å²) in [6.07, 6.45) is 0. The Kier molecular flexibility index (Phi) is 6.76. The van der Waals surface area contributed by atoms with Crippen molar-refractivity contribution in [1.29, 1.82) is 0 Å². The maximum Gasteiger partial charge on any atom is 0.136 e. The molecular weight excluding hydrogens is 663 g/mol. The van der Waals surface area contributed by atoms with E-state index < -0.39 is 0 Å². The van der Waals surface area contributed by atoms with Gasteiger partial charge in [-0.1, -0.05) is 127 Å². The van der Waals surface area contributed by atoms with Crippen LogP contribution in [0.1, 0.15) is 0 Å². The summed E-state index contributed by atoms with van der Waals surface area (Å²) in [5.41, 5.74) is 10.0. The van der Waals surface area contributed by atoms with Crippen molar-refractivity contribution in [2.75, 3.05) is 4.90 Å². The van der Waals surface area contributed by atoms with Crippen molar-refractivity contribution in [2.45, 2.75) is 0 Å². The number of fused-ring (bicyclic) bond motifs is 8. The molecule has 11 rings (SSSR count). The van der Waals surface area contributed by atoms with Crippen molar-refractivity contribution in [1.82, 2.24) is 0 Å². The van der Waals surface area contributed by atoms with E-state index in [-0.39, 0.29) is 0 Å². The van der Waals surface area contributed by atoms with Crippen molar-refractivity contribution in [2.24, 2.45) is 0 Å². The number of hydrogen-bond donors (Lipinski definition) is 0. The maximum absolute atomic E-state index is 6.22. The second-order valence-corrected chi connectivity index (χ2v) is 14.8. The summed E-state index contributed by atoms with van der Waals surface area (Å²) in [5.74, 6) is 0. The number of rotatable bonds is 5. The van der Waals surface area contributed by atoms with Gasteiger partial charge >= 0.3 is 0 Å². The van der Waals surface area contributed by atoms with E-state index in [2.05, 4.69) is 181 Å². The highest BCUT2D eigenvalue weighted by molar-refractivity contribution is 7.25. The predicted octanol–water partition coefficient (Wildman–Crippen LogP) is 15.1. The van der Waals surface area contributed by atoms with Gasteiger partial charge in [0.05, 0.1) is 0 Å². The number of furan rings is 1. The Morgan fingerprint density at radius 1 is 0.340 bits per heavy atom. The molecule has 248 valence electrons. The molecule has 0 saturated carbocycles. The molecular formula is C50H31NOS. The van der Waals surface area contributed by atoms with Gasteiger partial charge in [-0.2, -0.15) is 0 Å². The van der Waals surface area contributed by atoms with E-state index in [1.165, 1.54) is 64.0 Å². The molecule has 0 unspecified atom stereocenters. The lowest BCUT2D eigenvalue weighted by molar-refractivity contribution is 0.669. The van der Waals surface area contributed by atoms with Crippen LogP contribution in [0.2, 0.25) is 0 Å². The number of para-hydroxylation sites is 1. The van der Waals surface area contributed by atoms with Crippen LogP contribution in [0.3, 0.4) is 0 Å². The van der Waals surface area contributed by atoms with Gasteiger partial charge in [-0.05, 0) is 104 Å². The largest absolute Gasteiger partial charge is 0.456 e. The fraction of sp³-hybridized carbons (Fsp3) is 0. The zero-order valence-electron chi connectivity index (χ0n) is 28.7.